The van der Waals surface area contributed by atoms with Gasteiger partial charge in [-0.05, 0) is 37.5 Å². The number of hydrogen-bond acceptors (Lipinski definition) is 6. The van der Waals surface area contributed by atoms with Gasteiger partial charge in [0.05, 0.1) is 28.4 Å². The van der Waals surface area contributed by atoms with Gasteiger partial charge in [0.15, 0.2) is 16.9 Å². The van der Waals surface area contributed by atoms with Gasteiger partial charge in [0.25, 0.3) is 0 Å². The van der Waals surface area contributed by atoms with Crippen molar-refractivity contribution in [2.75, 3.05) is 18.0 Å². The van der Waals surface area contributed by atoms with Crippen molar-refractivity contribution in [3.8, 4) is 21.0 Å². The zero-order valence-corrected chi connectivity index (χ0v) is 15.5. The fourth-order valence-electron chi connectivity index (χ4n) is 3.54. The minimum atomic E-state index is -0.00899. The number of benzene rings is 1. The third-order valence-electron chi connectivity index (χ3n) is 4.95. The van der Waals surface area contributed by atoms with E-state index < -0.39 is 0 Å². The Morgan fingerprint density at radius 1 is 1.11 bits per heavy atom. The van der Waals surface area contributed by atoms with E-state index in [9.17, 15) is 4.79 Å². The number of piperidine rings is 1. The summed E-state index contributed by atoms with van der Waals surface area (Å²) in [7, 11) is 0. The first-order valence-corrected chi connectivity index (χ1v) is 9.92. The summed E-state index contributed by atoms with van der Waals surface area (Å²) in [5.41, 5.74) is 2.45. The maximum Gasteiger partial charge on any atom is 0.200 e. The quantitative estimate of drug-likeness (QED) is 0.492. The molecule has 5 rings (SSSR count). The number of furan rings is 1. The summed E-state index contributed by atoms with van der Waals surface area (Å²) in [4.78, 5) is 20.5. The molecular formula is C21H18N2O3S. The van der Waals surface area contributed by atoms with Crippen LogP contribution in [0.3, 0.4) is 0 Å². The predicted molar refractivity (Wildman–Crippen MR) is 107 cm³/mol. The maximum atomic E-state index is 12.7. The molecule has 0 saturated carbocycles. The summed E-state index contributed by atoms with van der Waals surface area (Å²) in [5, 5.41) is 1.42. The second kappa shape index (κ2) is 6.70. The van der Waals surface area contributed by atoms with Crippen molar-refractivity contribution < 1.29 is 8.83 Å². The Hall–Kier alpha value is -2.86. The Labute approximate surface area is 159 Å². The standard InChI is InChI=1S/C21H18N2O3S/c24-17-11-19(23-8-2-1-3-9-23)26-20-15(17)5-4-6-16(20)21-22-12-18(27-21)14-7-10-25-13-14/h4-7,10-13H,1-3,8-9H2. The molecule has 0 unspecified atom stereocenters. The Morgan fingerprint density at radius 3 is 2.81 bits per heavy atom. The summed E-state index contributed by atoms with van der Waals surface area (Å²) in [6, 6.07) is 9.19. The lowest BCUT2D eigenvalue weighted by Gasteiger charge is -2.27. The van der Waals surface area contributed by atoms with E-state index in [-0.39, 0.29) is 5.43 Å². The van der Waals surface area contributed by atoms with Crippen LogP contribution >= 0.6 is 11.3 Å². The van der Waals surface area contributed by atoms with Gasteiger partial charge >= 0.3 is 0 Å². The summed E-state index contributed by atoms with van der Waals surface area (Å²) >= 11 is 1.56. The van der Waals surface area contributed by atoms with Gasteiger partial charge in [0.2, 0.25) is 0 Å². The van der Waals surface area contributed by atoms with E-state index in [1.165, 1.54) is 6.42 Å². The van der Waals surface area contributed by atoms with E-state index in [0.717, 1.165) is 46.9 Å². The Balaban J connectivity index is 1.64. The molecule has 1 fully saturated rings. The van der Waals surface area contributed by atoms with Gasteiger partial charge in [0.1, 0.15) is 5.01 Å². The van der Waals surface area contributed by atoms with Crippen LogP contribution in [0.5, 0.6) is 0 Å². The first-order valence-electron chi connectivity index (χ1n) is 9.10. The van der Waals surface area contributed by atoms with Crippen molar-refractivity contribution in [2.45, 2.75) is 19.3 Å². The average molecular weight is 378 g/mol. The molecule has 0 spiro atoms. The molecule has 5 nitrogen and oxygen atoms in total. The molecule has 0 radical (unpaired) electrons. The van der Waals surface area contributed by atoms with Crippen LogP contribution < -0.4 is 10.3 Å². The highest BCUT2D eigenvalue weighted by atomic mass is 32.1. The number of aromatic nitrogens is 1. The summed E-state index contributed by atoms with van der Waals surface area (Å²) < 4.78 is 11.4. The summed E-state index contributed by atoms with van der Waals surface area (Å²) in [6.07, 6.45) is 8.67. The van der Waals surface area contributed by atoms with E-state index in [1.807, 2.05) is 30.5 Å². The van der Waals surface area contributed by atoms with Gasteiger partial charge in [-0.2, -0.15) is 0 Å². The topological polar surface area (TPSA) is 59.5 Å². The molecule has 1 aliphatic rings. The highest BCUT2D eigenvalue weighted by Gasteiger charge is 2.18. The molecule has 0 amide bonds. The molecule has 27 heavy (non-hydrogen) atoms. The third kappa shape index (κ3) is 2.96. The number of hydrogen-bond donors (Lipinski definition) is 0. The fraction of sp³-hybridized carbons (Fsp3) is 0.238. The molecule has 4 aromatic rings. The molecule has 1 aliphatic heterocycles. The Morgan fingerprint density at radius 2 is 2.00 bits per heavy atom. The molecule has 4 heterocycles. The van der Waals surface area contributed by atoms with Crippen LogP contribution in [-0.4, -0.2) is 18.1 Å². The van der Waals surface area contributed by atoms with E-state index in [2.05, 4.69) is 9.88 Å². The zero-order valence-electron chi connectivity index (χ0n) is 14.7. The van der Waals surface area contributed by atoms with E-state index in [0.29, 0.717) is 16.9 Å². The van der Waals surface area contributed by atoms with Crippen LogP contribution in [0.4, 0.5) is 5.88 Å². The molecule has 3 aromatic heterocycles. The Kier molecular flexibility index (Phi) is 4.05. The predicted octanol–water partition coefficient (Wildman–Crippen LogP) is 5.17. The molecule has 0 atom stereocenters. The van der Waals surface area contributed by atoms with Crippen LogP contribution in [0.2, 0.25) is 0 Å². The first kappa shape index (κ1) is 16.3. The lowest BCUT2D eigenvalue weighted by atomic mass is 10.1. The highest BCUT2D eigenvalue weighted by Crippen LogP contribution is 2.36. The van der Waals surface area contributed by atoms with Gasteiger partial charge in [-0.25, -0.2) is 4.98 Å². The summed E-state index contributed by atoms with van der Waals surface area (Å²) in [5.74, 6) is 0.659. The van der Waals surface area contributed by atoms with Gasteiger partial charge in [-0.3, -0.25) is 4.79 Å². The summed E-state index contributed by atoms with van der Waals surface area (Å²) in [6.45, 7) is 1.86. The number of fused-ring (bicyclic) bond motifs is 1. The first-order chi connectivity index (χ1) is 13.3. The van der Waals surface area contributed by atoms with Gasteiger partial charge < -0.3 is 13.7 Å². The van der Waals surface area contributed by atoms with Crippen molar-refractivity contribution in [1.29, 1.82) is 0 Å². The number of anilines is 1. The number of rotatable bonds is 3. The average Bonchev–Trinajstić information content (AvgIpc) is 3.40. The van der Waals surface area contributed by atoms with Crippen LogP contribution in [0.1, 0.15) is 19.3 Å². The van der Waals surface area contributed by atoms with E-state index >= 15 is 0 Å². The molecule has 0 aliphatic carbocycles. The Bertz CT molecular complexity index is 1140. The van der Waals surface area contributed by atoms with Gasteiger partial charge in [-0.15, -0.1) is 11.3 Å². The molecule has 0 bridgehead atoms. The molecule has 136 valence electrons. The number of thiazole rings is 1. The second-order valence-corrected chi connectivity index (χ2v) is 7.75. The minimum absolute atomic E-state index is 0.00899. The lowest BCUT2D eigenvalue weighted by molar-refractivity contribution is 0.513. The molecule has 6 heteroatoms. The van der Waals surface area contributed by atoms with Crippen LogP contribution in [-0.2, 0) is 0 Å². The number of para-hydroxylation sites is 1. The second-order valence-electron chi connectivity index (χ2n) is 6.72. The van der Waals surface area contributed by atoms with Gasteiger partial charge in [0, 0.05) is 30.9 Å². The van der Waals surface area contributed by atoms with Crippen molar-refractivity contribution in [1.82, 2.24) is 4.98 Å². The van der Waals surface area contributed by atoms with Crippen molar-refractivity contribution in [3.63, 3.8) is 0 Å². The number of nitrogens with zero attached hydrogens (tertiary/aromatic N) is 2. The normalized spacial score (nSPS) is 14.7. The fourth-order valence-corrected chi connectivity index (χ4v) is 4.46. The smallest absolute Gasteiger partial charge is 0.200 e. The van der Waals surface area contributed by atoms with Gasteiger partial charge in [-0.1, -0.05) is 6.07 Å². The highest BCUT2D eigenvalue weighted by molar-refractivity contribution is 7.18. The van der Waals surface area contributed by atoms with Crippen LogP contribution in [0.15, 0.2) is 62.7 Å². The molecular weight excluding hydrogens is 360 g/mol. The largest absolute Gasteiger partial charge is 0.472 e. The van der Waals surface area contributed by atoms with E-state index in [1.54, 1.807) is 29.9 Å². The molecule has 1 aromatic carbocycles. The lowest BCUT2D eigenvalue weighted by Crippen LogP contribution is -2.30. The molecule has 1 saturated heterocycles. The SMILES string of the molecule is O=c1cc(N2CCCCC2)oc2c(-c3ncc(-c4ccoc4)s3)cccc12. The monoisotopic (exact) mass is 378 g/mol. The van der Waals surface area contributed by atoms with E-state index in [4.69, 9.17) is 8.83 Å². The van der Waals surface area contributed by atoms with Crippen LogP contribution in [0, 0.1) is 0 Å². The van der Waals surface area contributed by atoms with Crippen molar-refractivity contribution in [2.24, 2.45) is 0 Å². The van der Waals surface area contributed by atoms with Crippen molar-refractivity contribution >= 4 is 28.2 Å². The molecule has 0 N–H and O–H groups in total. The van der Waals surface area contributed by atoms with Crippen LogP contribution in [0.25, 0.3) is 32.0 Å². The minimum Gasteiger partial charge on any atom is -0.472 e. The zero-order chi connectivity index (χ0) is 18.2. The van der Waals surface area contributed by atoms with Crippen molar-refractivity contribution in [3.05, 3.63) is 59.3 Å². The maximum absolute atomic E-state index is 12.7. The third-order valence-corrected chi connectivity index (χ3v) is 6.03.